The molecular weight excluding hydrogens is 303 g/mol. The average molecular weight is 318 g/mol. The summed E-state index contributed by atoms with van der Waals surface area (Å²) in [5, 5.41) is 6.54. The summed E-state index contributed by atoms with van der Waals surface area (Å²) in [7, 11) is 0. The first-order valence-corrected chi connectivity index (χ1v) is 7.26. The Morgan fingerprint density at radius 2 is 1.82 bits per heavy atom. The number of halogens is 1. The van der Waals surface area contributed by atoms with Gasteiger partial charge in [-0.15, -0.1) is 0 Å². The van der Waals surface area contributed by atoms with Crippen LogP contribution < -0.4 is 20.1 Å². The van der Waals surface area contributed by atoms with E-state index in [-0.39, 0.29) is 5.82 Å². The smallest absolute Gasteiger partial charge is 0.175 e. The molecule has 1 heterocycles. The van der Waals surface area contributed by atoms with Crippen LogP contribution in [0.1, 0.15) is 5.56 Å². The second-order valence-corrected chi connectivity index (χ2v) is 5.31. The van der Waals surface area contributed by atoms with E-state index in [0.717, 1.165) is 22.7 Å². The topological polar surface area (TPSA) is 42.5 Å². The molecule has 2 N–H and O–H groups in total. The van der Waals surface area contributed by atoms with Crippen LogP contribution in [0.2, 0.25) is 0 Å². The molecule has 2 aromatic carbocycles. The van der Waals surface area contributed by atoms with E-state index in [1.54, 1.807) is 6.07 Å². The Bertz CT molecular complexity index is 721. The summed E-state index contributed by atoms with van der Waals surface area (Å²) in [4.78, 5) is 0. The molecule has 0 amide bonds. The number of anilines is 2. The van der Waals surface area contributed by atoms with Crippen molar-refractivity contribution in [2.45, 2.75) is 6.92 Å². The minimum atomic E-state index is -0.270. The molecule has 4 nitrogen and oxygen atoms in total. The standard InChI is InChI=1S/C16H15FN2O2S/c1-10-8-11(17)2-4-13(10)19-16(22)18-12-3-5-14-15(9-12)21-7-6-20-14/h2-5,8-9H,6-7H2,1H3,(H2,18,19,22). The molecule has 0 saturated heterocycles. The van der Waals surface area contributed by atoms with Crippen molar-refractivity contribution >= 4 is 28.7 Å². The van der Waals surface area contributed by atoms with Gasteiger partial charge >= 0.3 is 0 Å². The molecule has 3 rings (SSSR count). The lowest BCUT2D eigenvalue weighted by Crippen LogP contribution is -2.20. The zero-order valence-electron chi connectivity index (χ0n) is 12.0. The van der Waals surface area contributed by atoms with E-state index >= 15 is 0 Å². The summed E-state index contributed by atoms with van der Waals surface area (Å²) >= 11 is 5.28. The van der Waals surface area contributed by atoms with Crippen LogP contribution in [0.25, 0.3) is 0 Å². The molecule has 0 saturated carbocycles. The first-order chi connectivity index (χ1) is 10.6. The van der Waals surface area contributed by atoms with E-state index in [1.165, 1.54) is 12.1 Å². The lowest BCUT2D eigenvalue weighted by atomic mass is 10.2. The van der Waals surface area contributed by atoms with Gasteiger partial charge in [-0.2, -0.15) is 0 Å². The number of rotatable bonds is 2. The minimum Gasteiger partial charge on any atom is -0.486 e. The predicted octanol–water partition coefficient (Wildman–Crippen LogP) is 3.71. The summed E-state index contributed by atoms with van der Waals surface area (Å²) in [5.41, 5.74) is 2.34. The molecule has 0 atom stereocenters. The Kier molecular flexibility index (Phi) is 4.11. The van der Waals surface area contributed by atoms with Crippen LogP contribution in [0.3, 0.4) is 0 Å². The molecule has 1 aliphatic heterocycles. The molecule has 0 unspecified atom stereocenters. The SMILES string of the molecule is Cc1cc(F)ccc1NC(=S)Nc1ccc2c(c1)OCCO2. The maximum Gasteiger partial charge on any atom is 0.175 e. The molecule has 0 aromatic heterocycles. The molecule has 114 valence electrons. The van der Waals surface area contributed by atoms with Crippen molar-refractivity contribution in [1.82, 2.24) is 0 Å². The quantitative estimate of drug-likeness (QED) is 0.826. The minimum absolute atomic E-state index is 0.270. The number of hydrogen-bond acceptors (Lipinski definition) is 3. The van der Waals surface area contributed by atoms with Crippen molar-refractivity contribution < 1.29 is 13.9 Å². The van der Waals surface area contributed by atoms with Crippen LogP contribution in [0.5, 0.6) is 11.5 Å². The summed E-state index contributed by atoms with van der Waals surface area (Å²) < 4.78 is 24.1. The van der Waals surface area contributed by atoms with Crippen LogP contribution >= 0.6 is 12.2 Å². The first kappa shape index (κ1) is 14.6. The molecule has 0 spiro atoms. The van der Waals surface area contributed by atoms with E-state index in [0.29, 0.717) is 24.1 Å². The number of benzene rings is 2. The van der Waals surface area contributed by atoms with Gasteiger partial charge in [0.1, 0.15) is 19.0 Å². The molecule has 0 radical (unpaired) electrons. The monoisotopic (exact) mass is 318 g/mol. The highest BCUT2D eigenvalue weighted by Crippen LogP contribution is 2.32. The Morgan fingerprint density at radius 3 is 2.59 bits per heavy atom. The van der Waals surface area contributed by atoms with E-state index in [1.807, 2.05) is 25.1 Å². The van der Waals surface area contributed by atoms with Gasteiger partial charge in [-0.25, -0.2) is 4.39 Å². The van der Waals surface area contributed by atoms with Crippen LogP contribution in [0.4, 0.5) is 15.8 Å². The maximum atomic E-state index is 13.1. The van der Waals surface area contributed by atoms with Crippen LogP contribution in [-0.2, 0) is 0 Å². The predicted molar refractivity (Wildman–Crippen MR) is 88.4 cm³/mol. The largest absolute Gasteiger partial charge is 0.486 e. The lowest BCUT2D eigenvalue weighted by molar-refractivity contribution is 0.171. The number of fused-ring (bicyclic) bond motifs is 1. The fourth-order valence-electron chi connectivity index (χ4n) is 2.17. The fourth-order valence-corrected chi connectivity index (χ4v) is 2.40. The molecule has 1 aliphatic rings. The molecular formula is C16H15FN2O2S. The number of nitrogens with one attached hydrogen (secondary N) is 2. The number of hydrogen-bond donors (Lipinski definition) is 2. The van der Waals surface area contributed by atoms with Crippen LogP contribution in [0, 0.1) is 12.7 Å². The van der Waals surface area contributed by atoms with Crippen molar-refractivity contribution in [3.8, 4) is 11.5 Å². The highest BCUT2D eigenvalue weighted by atomic mass is 32.1. The van der Waals surface area contributed by atoms with E-state index in [4.69, 9.17) is 21.7 Å². The number of ether oxygens (including phenoxy) is 2. The van der Waals surface area contributed by atoms with E-state index in [9.17, 15) is 4.39 Å². The molecule has 0 fully saturated rings. The van der Waals surface area contributed by atoms with E-state index in [2.05, 4.69) is 10.6 Å². The second-order valence-electron chi connectivity index (χ2n) is 4.90. The van der Waals surface area contributed by atoms with Gasteiger partial charge in [0.05, 0.1) is 0 Å². The van der Waals surface area contributed by atoms with Gasteiger partial charge in [0.25, 0.3) is 0 Å². The summed E-state index contributed by atoms with van der Waals surface area (Å²) in [6, 6.07) is 10.0. The van der Waals surface area contributed by atoms with Crippen molar-refractivity contribution in [3.05, 3.63) is 47.8 Å². The number of aryl methyl sites for hydroxylation is 1. The summed E-state index contributed by atoms with van der Waals surface area (Å²) in [6.07, 6.45) is 0. The zero-order valence-corrected chi connectivity index (χ0v) is 12.8. The van der Waals surface area contributed by atoms with Gasteiger partial charge in [0.2, 0.25) is 0 Å². The van der Waals surface area contributed by atoms with Gasteiger partial charge in [-0.05, 0) is 55.0 Å². The van der Waals surface area contributed by atoms with E-state index < -0.39 is 0 Å². The van der Waals surface area contributed by atoms with Gasteiger partial charge in [0.15, 0.2) is 16.6 Å². The third-order valence-electron chi connectivity index (χ3n) is 3.24. The Morgan fingerprint density at radius 1 is 1.05 bits per heavy atom. The van der Waals surface area contributed by atoms with Crippen LogP contribution in [0.15, 0.2) is 36.4 Å². The highest BCUT2D eigenvalue weighted by Gasteiger charge is 2.12. The van der Waals surface area contributed by atoms with Crippen molar-refractivity contribution in [2.75, 3.05) is 23.8 Å². The van der Waals surface area contributed by atoms with Crippen molar-refractivity contribution in [1.29, 1.82) is 0 Å². The first-order valence-electron chi connectivity index (χ1n) is 6.85. The van der Waals surface area contributed by atoms with Gasteiger partial charge < -0.3 is 20.1 Å². The molecule has 2 aromatic rings. The van der Waals surface area contributed by atoms with Crippen molar-refractivity contribution in [2.24, 2.45) is 0 Å². The molecule has 0 aliphatic carbocycles. The van der Waals surface area contributed by atoms with Gasteiger partial charge in [-0.3, -0.25) is 0 Å². The summed E-state index contributed by atoms with van der Waals surface area (Å²) in [6.45, 7) is 2.91. The van der Waals surface area contributed by atoms with Crippen LogP contribution in [-0.4, -0.2) is 18.3 Å². The Labute approximate surface area is 133 Å². The lowest BCUT2D eigenvalue weighted by Gasteiger charge is -2.19. The van der Waals surface area contributed by atoms with Gasteiger partial charge in [-0.1, -0.05) is 0 Å². The third-order valence-corrected chi connectivity index (χ3v) is 3.44. The molecule has 22 heavy (non-hydrogen) atoms. The van der Waals surface area contributed by atoms with Gasteiger partial charge in [0, 0.05) is 17.4 Å². The summed E-state index contributed by atoms with van der Waals surface area (Å²) in [5.74, 6) is 1.15. The molecule has 0 bridgehead atoms. The normalized spacial score (nSPS) is 12.6. The van der Waals surface area contributed by atoms with Crippen molar-refractivity contribution in [3.63, 3.8) is 0 Å². The second kappa shape index (κ2) is 6.19. The number of thiocarbonyl (C=S) groups is 1. The fraction of sp³-hybridized carbons (Fsp3) is 0.188. The highest BCUT2D eigenvalue weighted by molar-refractivity contribution is 7.80. The maximum absolute atomic E-state index is 13.1. The molecule has 6 heteroatoms. The Hall–Kier alpha value is -2.34. The average Bonchev–Trinajstić information content (AvgIpc) is 2.50. The Balaban J connectivity index is 1.69. The zero-order chi connectivity index (χ0) is 15.5. The third kappa shape index (κ3) is 3.28.